The first-order valence-corrected chi connectivity index (χ1v) is 12.4. The molecule has 2 atom stereocenters. The van der Waals surface area contributed by atoms with Crippen LogP contribution in [0.2, 0.25) is 6.32 Å². The van der Waals surface area contributed by atoms with Crippen LogP contribution >= 0.6 is 0 Å². The minimum absolute atomic E-state index is 0.00229. The van der Waals surface area contributed by atoms with Crippen molar-refractivity contribution >= 4 is 7.85 Å². The van der Waals surface area contributed by atoms with Crippen LogP contribution in [-0.4, -0.2) is 21.1 Å². The van der Waals surface area contributed by atoms with Gasteiger partial charge in [-0.3, -0.25) is 0 Å². The molecule has 0 saturated carbocycles. The number of unbranched alkanes of at least 4 members (excludes halogenated alkanes) is 1. The van der Waals surface area contributed by atoms with E-state index in [1.165, 1.54) is 18.2 Å². The number of ether oxygens (including phenoxy) is 2. The number of rotatable bonds is 9. The van der Waals surface area contributed by atoms with Crippen LogP contribution in [0.5, 0.6) is 0 Å². The Hall–Kier alpha value is -2.64. The van der Waals surface area contributed by atoms with Crippen LogP contribution < -0.4 is 0 Å². The minimum atomic E-state index is -0.967. The molecule has 0 aromatic heterocycles. The van der Waals surface area contributed by atoms with E-state index in [1.807, 2.05) is 6.92 Å². The number of hydrogen-bond donors (Lipinski definition) is 0. The quantitative estimate of drug-likeness (QED) is 0.170. The molecular formula is C29H29BF4O2. The first-order valence-electron chi connectivity index (χ1n) is 12.4. The van der Waals surface area contributed by atoms with Gasteiger partial charge < -0.3 is 9.47 Å². The lowest BCUT2D eigenvalue weighted by atomic mass is 9.85. The molecule has 1 aliphatic heterocycles. The topological polar surface area (TPSA) is 18.5 Å². The highest BCUT2D eigenvalue weighted by atomic mass is 19.2. The van der Waals surface area contributed by atoms with Crippen LogP contribution in [-0.2, 0) is 16.1 Å². The zero-order valence-corrected chi connectivity index (χ0v) is 20.3. The van der Waals surface area contributed by atoms with Crippen molar-refractivity contribution in [1.29, 1.82) is 0 Å². The van der Waals surface area contributed by atoms with Gasteiger partial charge in [-0.2, -0.15) is 0 Å². The van der Waals surface area contributed by atoms with Crippen LogP contribution in [0.15, 0.2) is 48.5 Å². The van der Waals surface area contributed by atoms with Gasteiger partial charge in [-0.1, -0.05) is 68.2 Å². The van der Waals surface area contributed by atoms with Crippen molar-refractivity contribution in [3.63, 3.8) is 0 Å². The van der Waals surface area contributed by atoms with Gasteiger partial charge in [0, 0.05) is 35.5 Å². The Balaban J connectivity index is 1.52. The molecule has 188 valence electrons. The molecule has 7 heteroatoms. The zero-order valence-electron chi connectivity index (χ0n) is 20.3. The molecule has 1 heterocycles. The Bertz CT molecular complexity index is 1170. The van der Waals surface area contributed by atoms with E-state index in [9.17, 15) is 13.2 Å². The molecule has 0 spiro atoms. The largest absolute Gasteiger partial charge is 0.377 e. The molecule has 1 saturated heterocycles. The SMILES string of the molecule is [B]CC1CCC(c2ccc(-c3ccc(-c4ccc(COCCCC)c(F)c4F)cc3)c(F)c2F)OC1. The van der Waals surface area contributed by atoms with Crippen molar-refractivity contribution in [3.05, 3.63) is 82.9 Å². The molecule has 0 amide bonds. The summed E-state index contributed by atoms with van der Waals surface area (Å²) in [6.45, 7) is 2.94. The highest BCUT2D eigenvalue weighted by Crippen LogP contribution is 2.36. The lowest BCUT2D eigenvalue weighted by molar-refractivity contribution is -0.0142. The summed E-state index contributed by atoms with van der Waals surface area (Å²) >= 11 is 0. The maximum Gasteiger partial charge on any atom is 0.167 e. The van der Waals surface area contributed by atoms with Gasteiger partial charge in [-0.25, -0.2) is 17.6 Å². The van der Waals surface area contributed by atoms with Crippen LogP contribution in [0.4, 0.5) is 17.6 Å². The van der Waals surface area contributed by atoms with Crippen LogP contribution in [0, 0.1) is 29.2 Å². The summed E-state index contributed by atoms with van der Waals surface area (Å²) in [7, 11) is 5.66. The monoisotopic (exact) mass is 496 g/mol. The smallest absolute Gasteiger partial charge is 0.167 e. The van der Waals surface area contributed by atoms with Crippen molar-refractivity contribution in [1.82, 2.24) is 0 Å². The molecular weight excluding hydrogens is 467 g/mol. The van der Waals surface area contributed by atoms with Crippen molar-refractivity contribution in [2.75, 3.05) is 13.2 Å². The summed E-state index contributed by atoms with van der Waals surface area (Å²) in [6.07, 6.45) is 3.19. The third-order valence-corrected chi connectivity index (χ3v) is 6.73. The Morgan fingerprint density at radius 1 is 0.833 bits per heavy atom. The third-order valence-electron chi connectivity index (χ3n) is 6.73. The van der Waals surface area contributed by atoms with E-state index < -0.39 is 29.4 Å². The first kappa shape index (κ1) is 26.4. The number of halogens is 4. The lowest BCUT2D eigenvalue weighted by Gasteiger charge is -2.29. The number of hydrogen-bond acceptors (Lipinski definition) is 2. The van der Waals surface area contributed by atoms with Gasteiger partial charge in [0.05, 0.1) is 20.6 Å². The van der Waals surface area contributed by atoms with E-state index in [0.29, 0.717) is 37.1 Å². The van der Waals surface area contributed by atoms with E-state index in [-0.39, 0.29) is 34.8 Å². The molecule has 1 aliphatic rings. The molecule has 0 aliphatic carbocycles. The van der Waals surface area contributed by atoms with Crippen molar-refractivity contribution in [2.24, 2.45) is 5.92 Å². The average molecular weight is 496 g/mol. The molecule has 3 aromatic rings. The van der Waals surface area contributed by atoms with E-state index in [0.717, 1.165) is 19.3 Å². The summed E-state index contributed by atoms with van der Waals surface area (Å²) in [4.78, 5) is 0. The van der Waals surface area contributed by atoms with Gasteiger partial charge in [0.15, 0.2) is 23.3 Å². The molecule has 36 heavy (non-hydrogen) atoms. The standard InChI is InChI=1S/C29H29BF4O2/c1-2-3-14-35-17-21-9-10-22(27(32)26(21)31)19-5-7-20(8-6-19)23-11-12-24(29(34)28(23)33)25-13-4-18(15-30)16-36-25/h5-12,18,25H,2-4,13-17H2,1H3. The van der Waals surface area contributed by atoms with Crippen LogP contribution in [0.25, 0.3) is 22.3 Å². The molecule has 4 rings (SSSR count). The second-order valence-corrected chi connectivity index (χ2v) is 9.22. The van der Waals surface area contributed by atoms with Crippen molar-refractivity contribution in [2.45, 2.75) is 51.6 Å². The average Bonchev–Trinajstić information content (AvgIpc) is 2.91. The zero-order chi connectivity index (χ0) is 25.7. The molecule has 2 unspecified atom stereocenters. The Labute approximate surface area is 211 Å². The van der Waals surface area contributed by atoms with E-state index >= 15 is 4.39 Å². The minimum Gasteiger partial charge on any atom is -0.377 e. The van der Waals surface area contributed by atoms with Crippen LogP contribution in [0.3, 0.4) is 0 Å². The molecule has 2 nitrogen and oxygen atoms in total. The molecule has 1 fully saturated rings. The van der Waals surface area contributed by atoms with Gasteiger partial charge in [-0.05, 0) is 36.3 Å². The summed E-state index contributed by atoms with van der Waals surface area (Å²) in [5, 5.41) is 0. The second kappa shape index (κ2) is 12.1. The summed E-state index contributed by atoms with van der Waals surface area (Å²) in [6, 6.07) is 12.3. The fourth-order valence-corrected chi connectivity index (χ4v) is 4.45. The molecule has 0 bridgehead atoms. The maximum atomic E-state index is 15.0. The Kier molecular flexibility index (Phi) is 8.86. The van der Waals surface area contributed by atoms with Crippen molar-refractivity contribution in [3.8, 4) is 22.3 Å². The summed E-state index contributed by atoms with van der Waals surface area (Å²) in [5.74, 6) is -3.57. The van der Waals surface area contributed by atoms with Gasteiger partial charge in [0.25, 0.3) is 0 Å². The fourth-order valence-electron chi connectivity index (χ4n) is 4.45. The van der Waals surface area contributed by atoms with E-state index in [4.69, 9.17) is 17.3 Å². The van der Waals surface area contributed by atoms with Gasteiger partial charge in [0.2, 0.25) is 0 Å². The predicted molar refractivity (Wildman–Crippen MR) is 134 cm³/mol. The number of benzene rings is 3. The summed E-state index contributed by atoms with van der Waals surface area (Å²) < 4.78 is 70.4. The highest BCUT2D eigenvalue weighted by molar-refractivity contribution is 6.08. The molecule has 2 radical (unpaired) electrons. The van der Waals surface area contributed by atoms with E-state index in [1.54, 1.807) is 30.3 Å². The van der Waals surface area contributed by atoms with Crippen LogP contribution in [0.1, 0.15) is 49.8 Å². The fraction of sp³-hybridized carbons (Fsp3) is 0.379. The molecule has 3 aromatic carbocycles. The van der Waals surface area contributed by atoms with Crippen molar-refractivity contribution < 1.29 is 27.0 Å². The van der Waals surface area contributed by atoms with E-state index in [2.05, 4.69) is 0 Å². The maximum absolute atomic E-state index is 15.0. The van der Waals surface area contributed by atoms with Gasteiger partial charge in [0.1, 0.15) is 0 Å². The lowest BCUT2D eigenvalue weighted by Crippen LogP contribution is -2.21. The first-order chi connectivity index (χ1) is 17.4. The third kappa shape index (κ3) is 5.68. The normalized spacial score (nSPS) is 17.9. The highest BCUT2D eigenvalue weighted by Gasteiger charge is 2.26. The molecule has 0 N–H and O–H groups in total. The van der Waals surface area contributed by atoms with Gasteiger partial charge in [-0.15, -0.1) is 0 Å². The second-order valence-electron chi connectivity index (χ2n) is 9.22. The predicted octanol–water partition coefficient (Wildman–Crippen LogP) is 7.95. The Morgan fingerprint density at radius 2 is 1.47 bits per heavy atom. The van der Waals surface area contributed by atoms with Gasteiger partial charge >= 0.3 is 0 Å². The Morgan fingerprint density at radius 3 is 2.06 bits per heavy atom. The summed E-state index contributed by atoms with van der Waals surface area (Å²) in [5.41, 5.74) is 1.38.